The average Bonchev–Trinajstić information content (AvgIpc) is 2.55. The predicted molar refractivity (Wildman–Crippen MR) is 75.0 cm³/mol. The largest absolute Gasteiger partial charge is 0.327 e. The zero-order valence-electron chi connectivity index (χ0n) is 11.3. The first-order chi connectivity index (χ1) is 7.49. The van der Waals surface area contributed by atoms with Crippen molar-refractivity contribution in [2.45, 2.75) is 51.6 Å². The lowest BCUT2D eigenvalue weighted by Gasteiger charge is -2.36. The molecule has 3 heteroatoms. The Balaban J connectivity index is 2.40. The van der Waals surface area contributed by atoms with Crippen LogP contribution in [0.5, 0.6) is 0 Å². The minimum atomic E-state index is 0.350. The molecule has 2 N–H and O–H groups in total. The van der Waals surface area contributed by atoms with Gasteiger partial charge in [-0.2, -0.15) is 11.8 Å². The van der Waals surface area contributed by atoms with Gasteiger partial charge in [-0.3, -0.25) is 0 Å². The molecule has 0 saturated heterocycles. The van der Waals surface area contributed by atoms with Gasteiger partial charge in [-0.05, 0) is 50.7 Å². The van der Waals surface area contributed by atoms with Gasteiger partial charge in [0.05, 0.1) is 0 Å². The summed E-state index contributed by atoms with van der Waals surface area (Å²) >= 11 is 1.94. The van der Waals surface area contributed by atoms with Crippen molar-refractivity contribution in [1.29, 1.82) is 0 Å². The monoisotopic (exact) mass is 244 g/mol. The number of thioether (sulfide) groups is 1. The Labute approximate surface area is 105 Å². The van der Waals surface area contributed by atoms with Crippen LogP contribution < -0.4 is 5.73 Å². The van der Waals surface area contributed by atoms with E-state index in [1.807, 2.05) is 11.8 Å². The Morgan fingerprint density at radius 1 is 1.56 bits per heavy atom. The van der Waals surface area contributed by atoms with Crippen LogP contribution in [0.25, 0.3) is 0 Å². The highest BCUT2D eigenvalue weighted by Gasteiger charge is 2.37. The summed E-state index contributed by atoms with van der Waals surface area (Å²) in [5.74, 6) is 1.26. The fraction of sp³-hybridized carbons (Fsp3) is 1.00. The van der Waals surface area contributed by atoms with E-state index in [-0.39, 0.29) is 0 Å². The highest BCUT2D eigenvalue weighted by molar-refractivity contribution is 7.98. The van der Waals surface area contributed by atoms with E-state index < -0.39 is 0 Å². The lowest BCUT2D eigenvalue weighted by atomic mass is 9.84. The second-order valence-electron chi connectivity index (χ2n) is 5.70. The molecule has 0 bridgehead atoms. The summed E-state index contributed by atoms with van der Waals surface area (Å²) in [6.45, 7) is 5.85. The van der Waals surface area contributed by atoms with Gasteiger partial charge in [0.25, 0.3) is 0 Å². The zero-order valence-corrected chi connectivity index (χ0v) is 12.1. The fourth-order valence-electron chi connectivity index (χ4n) is 2.69. The van der Waals surface area contributed by atoms with E-state index >= 15 is 0 Å². The molecule has 16 heavy (non-hydrogen) atoms. The van der Waals surface area contributed by atoms with Gasteiger partial charge in [0.15, 0.2) is 0 Å². The molecule has 0 heterocycles. The van der Waals surface area contributed by atoms with E-state index in [1.165, 1.54) is 31.4 Å². The van der Waals surface area contributed by atoms with Crippen molar-refractivity contribution >= 4 is 11.8 Å². The molecule has 0 amide bonds. The topological polar surface area (TPSA) is 29.3 Å². The van der Waals surface area contributed by atoms with Gasteiger partial charge in [-0.25, -0.2) is 0 Å². The molecule has 1 rings (SSSR count). The maximum Gasteiger partial charge on any atom is 0.0105 e. The summed E-state index contributed by atoms with van der Waals surface area (Å²) in [5, 5.41) is 0. The molecule has 0 aromatic heterocycles. The standard InChI is InChI=1S/C13H28N2S/c1-11(7-9-16-4)15(3)10-13(2)8-5-6-12(13)14/h11-12H,5-10,14H2,1-4H3. The summed E-state index contributed by atoms with van der Waals surface area (Å²) in [6, 6.07) is 1.08. The molecule has 2 nitrogen and oxygen atoms in total. The zero-order chi connectivity index (χ0) is 12.2. The average molecular weight is 244 g/mol. The van der Waals surface area contributed by atoms with Crippen molar-refractivity contribution in [3.63, 3.8) is 0 Å². The molecule has 96 valence electrons. The van der Waals surface area contributed by atoms with E-state index in [9.17, 15) is 0 Å². The van der Waals surface area contributed by atoms with Crippen LogP contribution in [0.2, 0.25) is 0 Å². The molecule has 0 aromatic carbocycles. The van der Waals surface area contributed by atoms with Crippen molar-refractivity contribution in [3.8, 4) is 0 Å². The molecule has 0 aliphatic heterocycles. The maximum absolute atomic E-state index is 6.23. The molecular weight excluding hydrogens is 216 g/mol. The van der Waals surface area contributed by atoms with Gasteiger partial charge in [0.1, 0.15) is 0 Å². The van der Waals surface area contributed by atoms with Gasteiger partial charge in [-0.1, -0.05) is 13.3 Å². The van der Waals surface area contributed by atoms with E-state index in [1.54, 1.807) is 0 Å². The number of nitrogens with two attached hydrogens (primary N) is 1. The molecule has 1 fully saturated rings. The number of nitrogens with zero attached hydrogens (tertiary/aromatic N) is 1. The number of hydrogen-bond donors (Lipinski definition) is 1. The van der Waals surface area contributed by atoms with Crippen LogP contribution in [-0.4, -0.2) is 42.6 Å². The van der Waals surface area contributed by atoms with E-state index in [0.29, 0.717) is 17.5 Å². The van der Waals surface area contributed by atoms with Gasteiger partial charge in [0.2, 0.25) is 0 Å². The van der Waals surface area contributed by atoms with Crippen molar-refractivity contribution < 1.29 is 0 Å². The van der Waals surface area contributed by atoms with Gasteiger partial charge >= 0.3 is 0 Å². The van der Waals surface area contributed by atoms with Gasteiger partial charge < -0.3 is 10.6 Å². The van der Waals surface area contributed by atoms with Crippen molar-refractivity contribution in [3.05, 3.63) is 0 Å². The molecule has 1 aliphatic rings. The Morgan fingerprint density at radius 2 is 2.25 bits per heavy atom. The molecule has 3 atom stereocenters. The summed E-state index contributed by atoms with van der Waals surface area (Å²) in [4.78, 5) is 2.50. The first kappa shape index (κ1) is 14.3. The van der Waals surface area contributed by atoms with Crippen LogP contribution in [0, 0.1) is 5.41 Å². The van der Waals surface area contributed by atoms with Crippen LogP contribution in [-0.2, 0) is 0 Å². The molecule has 1 saturated carbocycles. The van der Waals surface area contributed by atoms with E-state index in [0.717, 1.165) is 6.54 Å². The first-order valence-corrected chi connectivity index (χ1v) is 7.84. The van der Waals surface area contributed by atoms with E-state index in [2.05, 4.69) is 32.1 Å². The first-order valence-electron chi connectivity index (χ1n) is 6.44. The van der Waals surface area contributed by atoms with Gasteiger partial charge in [-0.15, -0.1) is 0 Å². The molecule has 3 unspecified atom stereocenters. The van der Waals surface area contributed by atoms with E-state index in [4.69, 9.17) is 5.73 Å². The summed E-state index contributed by atoms with van der Waals surface area (Å²) in [6.07, 6.45) is 7.28. The third-order valence-electron chi connectivity index (χ3n) is 4.26. The summed E-state index contributed by atoms with van der Waals surface area (Å²) in [5.41, 5.74) is 6.58. The summed E-state index contributed by atoms with van der Waals surface area (Å²) < 4.78 is 0. The lowest BCUT2D eigenvalue weighted by Crippen LogP contribution is -2.45. The normalized spacial score (nSPS) is 32.2. The number of hydrogen-bond acceptors (Lipinski definition) is 3. The van der Waals surface area contributed by atoms with Crippen LogP contribution in [0.15, 0.2) is 0 Å². The van der Waals surface area contributed by atoms with Crippen molar-refractivity contribution in [2.75, 3.05) is 25.6 Å². The smallest absolute Gasteiger partial charge is 0.0105 e. The summed E-state index contributed by atoms with van der Waals surface area (Å²) in [7, 11) is 2.25. The molecule has 0 spiro atoms. The predicted octanol–water partition coefficient (Wildman–Crippen LogP) is 2.58. The van der Waals surface area contributed by atoms with Crippen LogP contribution in [0.1, 0.15) is 39.5 Å². The van der Waals surface area contributed by atoms with Crippen molar-refractivity contribution in [2.24, 2.45) is 11.1 Å². The van der Waals surface area contributed by atoms with Crippen LogP contribution in [0.3, 0.4) is 0 Å². The Bertz CT molecular complexity index is 210. The van der Waals surface area contributed by atoms with Gasteiger partial charge in [0, 0.05) is 18.6 Å². The highest BCUT2D eigenvalue weighted by Crippen LogP contribution is 2.37. The Hall–Kier alpha value is 0.270. The van der Waals surface area contributed by atoms with Crippen LogP contribution in [0.4, 0.5) is 0 Å². The SMILES string of the molecule is CSCCC(C)N(C)CC1(C)CCCC1N. The third kappa shape index (κ3) is 3.64. The molecule has 1 aliphatic carbocycles. The third-order valence-corrected chi connectivity index (χ3v) is 4.90. The minimum Gasteiger partial charge on any atom is -0.327 e. The lowest BCUT2D eigenvalue weighted by molar-refractivity contribution is 0.143. The van der Waals surface area contributed by atoms with Crippen molar-refractivity contribution in [1.82, 2.24) is 4.90 Å². The quantitative estimate of drug-likeness (QED) is 0.779. The Kier molecular flexibility index (Phi) is 5.62. The molecule has 0 radical (unpaired) electrons. The fourth-order valence-corrected chi connectivity index (χ4v) is 3.27. The van der Waals surface area contributed by atoms with Crippen LogP contribution >= 0.6 is 11.8 Å². The maximum atomic E-state index is 6.23. The highest BCUT2D eigenvalue weighted by atomic mass is 32.2. The molecular formula is C13H28N2S. The number of rotatable bonds is 6. The second kappa shape index (κ2) is 6.27. The molecule has 0 aromatic rings. The second-order valence-corrected chi connectivity index (χ2v) is 6.68. The Morgan fingerprint density at radius 3 is 2.75 bits per heavy atom. The minimum absolute atomic E-state index is 0.350.